The summed E-state index contributed by atoms with van der Waals surface area (Å²) in [6, 6.07) is 11.3. The molecule has 0 fully saturated rings. The summed E-state index contributed by atoms with van der Waals surface area (Å²) in [5, 5.41) is 1.34. The maximum absolute atomic E-state index is 13.7. The van der Waals surface area contributed by atoms with Crippen molar-refractivity contribution in [2.75, 3.05) is 32.1 Å². The van der Waals surface area contributed by atoms with Crippen molar-refractivity contribution < 1.29 is 4.79 Å². The number of rotatable bonds is 6. The summed E-state index contributed by atoms with van der Waals surface area (Å²) >= 11 is 7.62. The monoisotopic (exact) mass is 463 g/mol. The largest absolute Gasteiger partial charge is 0.309 e. The lowest BCUT2D eigenvalue weighted by Crippen LogP contribution is -2.34. The van der Waals surface area contributed by atoms with E-state index in [1.54, 1.807) is 4.90 Å². The quantitative estimate of drug-likeness (QED) is 0.406. The van der Waals surface area contributed by atoms with Gasteiger partial charge in [-0.25, -0.2) is 9.97 Å². The third-order valence-corrected chi connectivity index (χ3v) is 5.99. The second-order valence-electron chi connectivity index (χ2n) is 7.20. The molecule has 0 atom stereocenters. The molecule has 0 saturated carbocycles. The summed E-state index contributed by atoms with van der Waals surface area (Å²) in [5.41, 5.74) is 2.89. The highest BCUT2D eigenvalue weighted by Crippen LogP contribution is 2.32. The molecule has 0 N–H and O–H groups in total. The SMILES string of the molecule is Cc1nc2ccccn2c1C(=O)N(CCCN(C)C)c1nc2ccc(Cl)cc2s1.Cl. The number of anilines is 1. The van der Waals surface area contributed by atoms with Crippen molar-refractivity contribution in [2.24, 2.45) is 0 Å². The van der Waals surface area contributed by atoms with Gasteiger partial charge in [-0.1, -0.05) is 29.0 Å². The minimum atomic E-state index is -0.0925. The third kappa shape index (κ3) is 4.44. The van der Waals surface area contributed by atoms with Gasteiger partial charge in [0.1, 0.15) is 11.3 Å². The van der Waals surface area contributed by atoms with Crippen molar-refractivity contribution in [3.05, 3.63) is 59.0 Å². The highest BCUT2D eigenvalue weighted by atomic mass is 35.5. The number of carbonyl (C=O) groups is 1. The van der Waals surface area contributed by atoms with Gasteiger partial charge >= 0.3 is 0 Å². The molecule has 0 spiro atoms. The van der Waals surface area contributed by atoms with E-state index >= 15 is 0 Å². The van der Waals surface area contributed by atoms with Gasteiger partial charge in [0.2, 0.25) is 0 Å². The van der Waals surface area contributed by atoms with E-state index in [1.807, 2.05) is 68.0 Å². The molecular weight excluding hydrogens is 441 g/mol. The number of aromatic nitrogens is 3. The molecule has 4 rings (SSSR count). The fraction of sp³-hybridized carbons (Fsp3) is 0.286. The van der Waals surface area contributed by atoms with E-state index in [0.717, 1.165) is 28.8 Å². The highest BCUT2D eigenvalue weighted by Gasteiger charge is 2.26. The number of halogens is 2. The molecule has 1 amide bonds. The molecule has 0 aliphatic carbocycles. The van der Waals surface area contributed by atoms with Crippen LogP contribution in [0.25, 0.3) is 15.9 Å². The van der Waals surface area contributed by atoms with Crippen LogP contribution >= 0.6 is 35.3 Å². The van der Waals surface area contributed by atoms with Crippen molar-refractivity contribution in [3.8, 4) is 0 Å². The third-order valence-electron chi connectivity index (χ3n) is 4.71. The lowest BCUT2D eigenvalue weighted by molar-refractivity contribution is 0.0979. The van der Waals surface area contributed by atoms with Gasteiger partial charge < -0.3 is 4.90 Å². The Bertz CT molecular complexity index is 1190. The predicted octanol–water partition coefficient (Wildman–Crippen LogP) is 4.93. The summed E-state index contributed by atoms with van der Waals surface area (Å²) in [6.07, 6.45) is 2.71. The number of benzene rings is 1. The van der Waals surface area contributed by atoms with Crippen molar-refractivity contribution in [1.82, 2.24) is 19.3 Å². The van der Waals surface area contributed by atoms with E-state index in [1.165, 1.54) is 11.3 Å². The Morgan fingerprint density at radius 2 is 1.97 bits per heavy atom. The minimum absolute atomic E-state index is 0. The molecule has 6 nitrogen and oxygen atoms in total. The Labute approximate surface area is 190 Å². The van der Waals surface area contributed by atoms with Gasteiger partial charge in [-0.05, 0) is 64.3 Å². The number of aryl methyl sites for hydroxylation is 1. The number of nitrogens with zero attached hydrogens (tertiary/aromatic N) is 5. The number of pyridine rings is 1. The van der Waals surface area contributed by atoms with E-state index in [-0.39, 0.29) is 18.3 Å². The molecule has 1 aromatic carbocycles. The Kier molecular flexibility index (Phi) is 6.98. The van der Waals surface area contributed by atoms with E-state index in [4.69, 9.17) is 16.6 Å². The van der Waals surface area contributed by atoms with Crippen LogP contribution in [0.5, 0.6) is 0 Å². The van der Waals surface area contributed by atoms with Crippen LogP contribution in [-0.4, -0.2) is 52.4 Å². The van der Waals surface area contributed by atoms with Crippen LogP contribution in [-0.2, 0) is 0 Å². The molecule has 3 heterocycles. The molecule has 30 heavy (non-hydrogen) atoms. The Morgan fingerprint density at radius 3 is 2.73 bits per heavy atom. The predicted molar refractivity (Wildman–Crippen MR) is 127 cm³/mol. The van der Waals surface area contributed by atoms with Gasteiger partial charge in [0.25, 0.3) is 5.91 Å². The van der Waals surface area contributed by atoms with Gasteiger partial charge in [-0.2, -0.15) is 0 Å². The maximum atomic E-state index is 13.7. The average Bonchev–Trinajstić information content (AvgIpc) is 3.23. The Hall–Kier alpha value is -2.19. The molecular formula is C21H23Cl2N5OS. The molecule has 0 unspecified atom stereocenters. The van der Waals surface area contributed by atoms with Crippen molar-refractivity contribution in [3.63, 3.8) is 0 Å². The molecule has 158 valence electrons. The second kappa shape index (κ2) is 9.31. The Morgan fingerprint density at radius 1 is 1.17 bits per heavy atom. The van der Waals surface area contributed by atoms with Crippen molar-refractivity contribution in [1.29, 1.82) is 0 Å². The van der Waals surface area contributed by atoms with Crippen LogP contribution in [0.1, 0.15) is 22.6 Å². The van der Waals surface area contributed by atoms with Crippen LogP contribution in [0.2, 0.25) is 5.02 Å². The number of carbonyl (C=O) groups excluding carboxylic acids is 1. The van der Waals surface area contributed by atoms with E-state index in [2.05, 4.69) is 9.88 Å². The van der Waals surface area contributed by atoms with Gasteiger partial charge in [-0.3, -0.25) is 14.1 Å². The van der Waals surface area contributed by atoms with E-state index < -0.39 is 0 Å². The van der Waals surface area contributed by atoms with E-state index in [9.17, 15) is 4.79 Å². The molecule has 0 aliphatic heterocycles. The Balaban J connectivity index is 0.00000256. The van der Waals surface area contributed by atoms with Gasteiger partial charge in [0, 0.05) is 17.8 Å². The fourth-order valence-electron chi connectivity index (χ4n) is 3.33. The number of imidazole rings is 1. The van der Waals surface area contributed by atoms with E-state index in [0.29, 0.717) is 28.1 Å². The van der Waals surface area contributed by atoms with Gasteiger partial charge in [0.15, 0.2) is 5.13 Å². The lowest BCUT2D eigenvalue weighted by atomic mass is 10.3. The van der Waals surface area contributed by atoms with Gasteiger partial charge in [-0.15, -0.1) is 12.4 Å². The topological polar surface area (TPSA) is 53.7 Å². The first-order valence-electron chi connectivity index (χ1n) is 9.40. The molecule has 9 heteroatoms. The van der Waals surface area contributed by atoms with Crippen molar-refractivity contribution >= 4 is 62.2 Å². The molecule has 3 aromatic heterocycles. The zero-order valence-electron chi connectivity index (χ0n) is 17.0. The first-order chi connectivity index (χ1) is 13.9. The number of thiazole rings is 1. The molecule has 0 radical (unpaired) electrons. The summed E-state index contributed by atoms with van der Waals surface area (Å²) in [6.45, 7) is 3.33. The second-order valence-corrected chi connectivity index (χ2v) is 8.64. The minimum Gasteiger partial charge on any atom is -0.309 e. The van der Waals surface area contributed by atoms with Crippen LogP contribution < -0.4 is 4.90 Å². The smallest absolute Gasteiger partial charge is 0.278 e. The molecule has 4 aromatic rings. The number of hydrogen-bond acceptors (Lipinski definition) is 5. The zero-order chi connectivity index (χ0) is 20.5. The zero-order valence-corrected chi connectivity index (χ0v) is 19.4. The average molecular weight is 464 g/mol. The van der Waals surface area contributed by atoms with Crippen LogP contribution in [0, 0.1) is 6.92 Å². The van der Waals surface area contributed by atoms with Crippen LogP contribution in [0.3, 0.4) is 0 Å². The first kappa shape index (κ1) is 22.5. The van der Waals surface area contributed by atoms with Crippen molar-refractivity contribution in [2.45, 2.75) is 13.3 Å². The lowest BCUT2D eigenvalue weighted by Gasteiger charge is -2.21. The maximum Gasteiger partial charge on any atom is 0.278 e. The number of hydrogen-bond donors (Lipinski definition) is 0. The summed E-state index contributed by atoms with van der Waals surface area (Å²) in [7, 11) is 4.06. The molecule has 0 aliphatic rings. The number of fused-ring (bicyclic) bond motifs is 2. The fourth-order valence-corrected chi connectivity index (χ4v) is 4.60. The summed E-state index contributed by atoms with van der Waals surface area (Å²) in [5.74, 6) is -0.0925. The number of amides is 1. The first-order valence-corrected chi connectivity index (χ1v) is 10.6. The summed E-state index contributed by atoms with van der Waals surface area (Å²) in [4.78, 5) is 26.8. The van der Waals surface area contributed by atoms with Crippen LogP contribution in [0.15, 0.2) is 42.6 Å². The summed E-state index contributed by atoms with van der Waals surface area (Å²) < 4.78 is 2.81. The normalized spacial score (nSPS) is 11.2. The highest BCUT2D eigenvalue weighted by molar-refractivity contribution is 7.22. The molecule has 0 bridgehead atoms. The van der Waals surface area contributed by atoms with Crippen LogP contribution in [0.4, 0.5) is 5.13 Å². The standard InChI is InChI=1S/C21H22ClN5OS.ClH/c1-14-19(26-11-5-4-7-18(26)23-14)20(28)27(12-6-10-25(2)3)21-24-16-9-8-15(22)13-17(16)29-21;/h4-5,7-9,11,13H,6,10,12H2,1-3H3;1H. The molecule has 0 saturated heterocycles. The van der Waals surface area contributed by atoms with Gasteiger partial charge in [0.05, 0.1) is 15.9 Å².